The minimum absolute atomic E-state index is 0. The molecule has 0 fully saturated rings. The molecule has 2 rings (SSSR count). The first-order valence-corrected chi connectivity index (χ1v) is 4.52. The van der Waals surface area contributed by atoms with Gasteiger partial charge in [-0.05, 0) is 0 Å². The molecule has 1 aromatic rings. The van der Waals surface area contributed by atoms with Gasteiger partial charge in [0, 0.05) is 25.7 Å². The molecule has 2 heterocycles. The molecule has 1 N–H and O–H groups in total. The van der Waals surface area contributed by atoms with Crippen molar-refractivity contribution in [2.24, 2.45) is 7.05 Å². The van der Waals surface area contributed by atoms with Gasteiger partial charge in [-0.2, -0.15) is 0 Å². The summed E-state index contributed by atoms with van der Waals surface area (Å²) in [5.41, 5.74) is 2.13. The number of nitrogens with one attached hydrogen (secondary N) is 1. The van der Waals surface area contributed by atoms with Gasteiger partial charge in [0.2, 0.25) is 0 Å². The van der Waals surface area contributed by atoms with E-state index in [4.69, 9.17) is 4.74 Å². The molecule has 1 aliphatic rings. The van der Waals surface area contributed by atoms with E-state index in [2.05, 4.69) is 10.3 Å². The Morgan fingerprint density at radius 1 is 1.73 bits per heavy atom. The van der Waals surface area contributed by atoms with Crippen molar-refractivity contribution in [3.05, 3.63) is 17.7 Å². The van der Waals surface area contributed by atoms with Crippen molar-refractivity contribution in [1.82, 2.24) is 14.9 Å². The van der Waals surface area contributed by atoms with Crippen molar-refractivity contribution in [2.75, 3.05) is 7.11 Å². The first kappa shape index (κ1) is 12.0. The second-order valence-corrected chi connectivity index (χ2v) is 3.41. The molecule has 84 valence electrons. The summed E-state index contributed by atoms with van der Waals surface area (Å²) in [5, 5.41) is 3.09. The largest absolute Gasteiger partial charge is 0.468 e. The van der Waals surface area contributed by atoms with Crippen molar-refractivity contribution < 1.29 is 9.53 Å². The fraction of sp³-hybridized carbons (Fsp3) is 0.556. The van der Waals surface area contributed by atoms with Crippen LogP contribution in [-0.2, 0) is 29.5 Å². The Morgan fingerprint density at radius 3 is 3.13 bits per heavy atom. The Morgan fingerprint density at radius 2 is 2.47 bits per heavy atom. The van der Waals surface area contributed by atoms with E-state index >= 15 is 0 Å². The maximum atomic E-state index is 11.3. The number of aromatic nitrogens is 2. The van der Waals surface area contributed by atoms with Gasteiger partial charge in [0.25, 0.3) is 0 Å². The first-order valence-electron chi connectivity index (χ1n) is 4.52. The molecule has 1 aliphatic heterocycles. The van der Waals surface area contributed by atoms with Crippen LogP contribution < -0.4 is 5.32 Å². The number of carbonyl (C=O) groups is 1. The van der Waals surface area contributed by atoms with E-state index in [1.165, 1.54) is 7.11 Å². The number of nitrogens with zero attached hydrogens (tertiary/aromatic N) is 2. The van der Waals surface area contributed by atoms with Gasteiger partial charge in [0.05, 0.1) is 19.1 Å². The topological polar surface area (TPSA) is 56.1 Å². The second-order valence-electron chi connectivity index (χ2n) is 3.41. The standard InChI is InChI=1S/C9H13N3O2.ClH/c1-12-5-11-7-4-10-6(3-8(7)12)9(13)14-2;/h5-6,10H,3-4H2,1-2H3;1H. The molecule has 5 nitrogen and oxygen atoms in total. The Bertz CT molecular complexity index is 364. The predicted molar refractivity (Wildman–Crippen MR) is 56.8 cm³/mol. The summed E-state index contributed by atoms with van der Waals surface area (Å²) in [5.74, 6) is -0.211. The van der Waals surface area contributed by atoms with Crippen molar-refractivity contribution in [2.45, 2.75) is 19.0 Å². The second kappa shape index (κ2) is 4.63. The highest BCUT2D eigenvalue weighted by Crippen LogP contribution is 2.14. The van der Waals surface area contributed by atoms with Gasteiger partial charge in [-0.3, -0.25) is 10.1 Å². The molecule has 1 atom stereocenters. The average molecular weight is 232 g/mol. The third-order valence-electron chi connectivity index (χ3n) is 2.54. The first-order chi connectivity index (χ1) is 6.72. The van der Waals surface area contributed by atoms with Crippen molar-refractivity contribution in [3.8, 4) is 0 Å². The molecule has 0 saturated carbocycles. The average Bonchev–Trinajstić information content (AvgIpc) is 2.59. The lowest BCUT2D eigenvalue weighted by atomic mass is 10.1. The highest BCUT2D eigenvalue weighted by atomic mass is 35.5. The van der Waals surface area contributed by atoms with Crippen LogP contribution in [0.3, 0.4) is 0 Å². The van der Waals surface area contributed by atoms with Crippen LogP contribution in [0.5, 0.6) is 0 Å². The van der Waals surface area contributed by atoms with Crippen LogP contribution in [0.4, 0.5) is 0 Å². The molecule has 0 spiro atoms. The third-order valence-corrected chi connectivity index (χ3v) is 2.54. The lowest BCUT2D eigenvalue weighted by Crippen LogP contribution is -2.42. The van der Waals surface area contributed by atoms with Crippen LogP contribution in [0.1, 0.15) is 11.4 Å². The van der Waals surface area contributed by atoms with Crippen LogP contribution in [-0.4, -0.2) is 28.7 Å². The number of aryl methyl sites for hydroxylation is 1. The van der Waals surface area contributed by atoms with E-state index in [1.54, 1.807) is 6.33 Å². The van der Waals surface area contributed by atoms with Gasteiger partial charge in [-0.15, -0.1) is 12.4 Å². The van der Waals surface area contributed by atoms with Crippen LogP contribution in [0.25, 0.3) is 0 Å². The van der Waals surface area contributed by atoms with Crippen molar-refractivity contribution in [3.63, 3.8) is 0 Å². The zero-order chi connectivity index (χ0) is 10.1. The SMILES string of the molecule is COC(=O)C1Cc2c(ncn2C)CN1.Cl. The number of imidazole rings is 1. The zero-order valence-electron chi connectivity index (χ0n) is 8.69. The van der Waals surface area contributed by atoms with E-state index in [9.17, 15) is 4.79 Å². The molecular formula is C9H14ClN3O2. The molecule has 15 heavy (non-hydrogen) atoms. The molecule has 0 aliphatic carbocycles. The molecule has 1 unspecified atom stereocenters. The van der Waals surface area contributed by atoms with Gasteiger partial charge >= 0.3 is 5.97 Å². The molecule has 0 aromatic carbocycles. The molecule has 0 radical (unpaired) electrons. The summed E-state index contributed by atoms with van der Waals surface area (Å²) in [6.45, 7) is 0.635. The molecular weight excluding hydrogens is 218 g/mol. The van der Waals surface area contributed by atoms with E-state index in [-0.39, 0.29) is 24.4 Å². The number of fused-ring (bicyclic) bond motifs is 1. The fourth-order valence-electron chi connectivity index (χ4n) is 1.71. The van der Waals surface area contributed by atoms with Gasteiger partial charge in [0.15, 0.2) is 0 Å². The van der Waals surface area contributed by atoms with Gasteiger partial charge in [-0.1, -0.05) is 0 Å². The maximum Gasteiger partial charge on any atom is 0.323 e. The predicted octanol–water partition coefficient (Wildman–Crippen LogP) is 0.0292. The quantitative estimate of drug-likeness (QED) is 0.693. The van der Waals surface area contributed by atoms with Crippen LogP contribution in [0.15, 0.2) is 6.33 Å². The monoisotopic (exact) mass is 231 g/mol. The van der Waals surface area contributed by atoms with Crippen molar-refractivity contribution in [1.29, 1.82) is 0 Å². The molecule has 1 aromatic heterocycles. The molecule has 6 heteroatoms. The Balaban J connectivity index is 0.00000112. The summed E-state index contributed by atoms with van der Waals surface area (Å²) in [6, 6.07) is -0.233. The molecule has 0 saturated heterocycles. The molecule has 0 amide bonds. The van der Waals surface area contributed by atoms with E-state index in [0.29, 0.717) is 13.0 Å². The summed E-state index contributed by atoms with van der Waals surface area (Å²) >= 11 is 0. The Labute approximate surface area is 94.2 Å². The summed E-state index contributed by atoms with van der Waals surface area (Å²) in [4.78, 5) is 15.5. The van der Waals surface area contributed by atoms with Gasteiger partial charge in [0.1, 0.15) is 6.04 Å². The minimum atomic E-state index is -0.233. The van der Waals surface area contributed by atoms with Gasteiger partial charge in [-0.25, -0.2) is 4.98 Å². The Kier molecular flexibility index (Phi) is 3.71. The number of esters is 1. The normalized spacial score (nSPS) is 18.9. The lowest BCUT2D eigenvalue weighted by molar-refractivity contribution is -0.143. The zero-order valence-corrected chi connectivity index (χ0v) is 9.50. The minimum Gasteiger partial charge on any atom is -0.468 e. The van der Waals surface area contributed by atoms with E-state index < -0.39 is 0 Å². The number of methoxy groups -OCH3 is 1. The van der Waals surface area contributed by atoms with Crippen molar-refractivity contribution >= 4 is 18.4 Å². The van der Waals surface area contributed by atoms with Crippen LogP contribution in [0.2, 0.25) is 0 Å². The summed E-state index contributed by atoms with van der Waals surface area (Å²) in [6.07, 6.45) is 2.42. The number of hydrogen-bond acceptors (Lipinski definition) is 4. The maximum absolute atomic E-state index is 11.3. The lowest BCUT2D eigenvalue weighted by Gasteiger charge is -2.21. The number of carbonyl (C=O) groups excluding carboxylic acids is 1. The van der Waals surface area contributed by atoms with E-state index in [1.807, 2.05) is 11.6 Å². The number of hydrogen-bond donors (Lipinski definition) is 1. The van der Waals surface area contributed by atoms with Crippen LogP contribution >= 0.6 is 12.4 Å². The fourth-order valence-corrected chi connectivity index (χ4v) is 1.71. The summed E-state index contributed by atoms with van der Waals surface area (Å²) in [7, 11) is 3.34. The Hall–Kier alpha value is -1.07. The number of ether oxygens (including phenoxy) is 1. The number of rotatable bonds is 1. The highest BCUT2D eigenvalue weighted by Gasteiger charge is 2.27. The molecule has 0 bridgehead atoms. The van der Waals surface area contributed by atoms with Crippen LogP contribution in [0, 0.1) is 0 Å². The summed E-state index contributed by atoms with van der Waals surface area (Å²) < 4.78 is 6.64. The highest BCUT2D eigenvalue weighted by molar-refractivity contribution is 5.85. The smallest absolute Gasteiger partial charge is 0.323 e. The van der Waals surface area contributed by atoms with E-state index in [0.717, 1.165) is 11.4 Å². The third kappa shape index (κ3) is 2.13. The number of halogens is 1. The van der Waals surface area contributed by atoms with Gasteiger partial charge < -0.3 is 9.30 Å².